The van der Waals surface area contributed by atoms with Crippen LogP contribution in [0.5, 0.6) is 0 Å². The molecule has 0 aromatic rings. The highest BCUT2D eigenvalue weighted by Gasteiger charge is 2.76. The van der Waals surface area contributed by atoms with Crippen molar-refractivity contribution in [2.24, 2.45) is 52.3 Å². The van der Waals surface area contributed by atoms with E-state index >= 15 is 0 Å². The smallest absolute Gasteiger partial charge is 0.136 e. The molecule has 0 aliphatic heterocycles. The normalized spacial score (nSPS) is 54.1. The van der Waals surface area contributed by atoms with Crippen LogP contribution < -0.4 is 0 Å². The van der Waals surface area contributed by atoms with Gasteiger partial charge in [-0.3, -0.25) is 4.79 Å². The van der Waals surface area contributed by atoms with Crippen LogP contribution in [0.25, 0.3) is 0 Å². The summed E-state index contributed by atoms with van der Waals surface area (Å²) in [5.41, 5.74) is 1.48. The first-order chi connectivity index (χ1) is 12.5. The standard InChI is InChI=1S/C24H31NO/c1-4-14-10-15-11-16(26)6-7-17(15)18-8-9-23(3)22(21(14)18)19-12-20(19)24(23,5-2)13-25/h4,10,14,17-22H,1,5-9,11-12H2,2-3H3/t14-,17-,18+,19+,20-,21+,22-,23-,24-/m0/s1. The van der Waals surface area contributed by atoms with Gasteiger partial charge in [0.15, 0.2) is 0 Å². The number of carbonyl (C=O) groups excluding carboxylic acids is 1. The molecule has 9 atom stereocenters. The minimum atomic E-state index is -0.106. The van der Waals surface area contributed by atoms with Gasteiger partial charge in [-0.25, -0.2) is 0 Å². The van der Waals surface area contributed by atoms with Crippen LogP contribution in [-0.4, -0.2) is 5.78 Å². The monoisotopic (exact) mass is 349 g/mol. The van der Waals surface area contributed by atoms with Crippen LogP contribution in [0.1, 0.15) is 58.8 Å². The third kappa shape index (κ3) is 1.81. The summed E-state index contributed by atoms with van der Waals surface area (Å²) in [6.07, 6.45) is 11.8. The predicted molar refractivity (Wildman–Crippen MR) is 102 cm³/mol. The highest BCUT2D eigenvalue weighted by Crippen LogP contribution is 2.79. The lowest BCUT2D eigenvalue weighted by Crippen LogP contribution is -2.53. The first-order valence-corrected chi connectivity index (χ1v) is 10.8. The van der Waals surface area contributed by atoms with E-state index in [-0.39, 0.29) is 10.8 Å². The molecule has 0 N–H and O–H groups in total. The lowest BCUT2D eigenvalue weighted by atomic mass is 9.45. The van der Waals surface area contributed by atoms with Crippen molar-refractivity contribution in [1.82, 2.24) is 0 Å². The third-order valence-corrected chi connectivity index (χ3v) is 9.60. The fourth-order valence-corrected chi connectivity index (χ4v) is 8.55. The molecule has 0 unspecified atom stereocenters. The number of hydrogen-bond acceptors (Lipinski definition) is 2. The van der Waals surface area contributed by atoms with Gasteiger partial charge in [-0.1, -0.05) is 31.6 Å². The van der Waals surface area contributed by atoms with Crippen LogP contribution in [0.2, 0.25) is 0 Å². The SMILES string of the molecule is C=C[C@H]1C=C2CC(=O)CC[C@@H]2[C@H]2CC[C@@]3(C)[C@@H]([C@@H]4C[C@@H]4[C@@]3(C#N)CC)[C@H]12. The lowest BCUT2D eigenvalue weighted by molar-refractivity contribution is -0.121. The van der Waals surface area contributed by atoms with Crippen LogP contribution >= 0.6 is 0 Å². The van der Waals surface area contributed by atoms with Crippen LogP contribution in [0.3, 0.4) is 0 Å². The second kappa shape index (κ2) is 5.34. The number of ketones is 1. The summed E-state index contributed by atoms with van der Waals surface area (Å²) in [6.45, 7) is 8.89. The van der Waals surface area contributed by atoms with Crippen molar-refractivity contribution in [3.05, 3.63) is 24.3 Å². The molecule has 2 nitrogen and oxygen atoms in total. The van der Waals surface area contributed by atoms with E-state index in [0.717, 1.165) is 25.2 Å². The third-order valence-electron chi connectivity index (χ3n) is 9.60. The number of carbonyl (C=O) groups is 1. The van der Waals surface area contributed by atoms with E-state index in [1.807, 2.05) is 0 Å². The van der Waals surface area contributed by atoms with Crippen molar-refractivity contribution in [2.45, 2.75) is 58.8 Å². The van der Waals surface area contributed by atoms with Crippen molar-refractivity contribution in [1.29, 1.82) is 5.26 Å². The first-order valence-electron chi connectivity index (χ1n) is 10.8. The van der Waals surface area contributed by atoms with Gasteiger partial charge < -0.3 is 0 Å². The van der Waals surface area contributed by atoms with E-state index in [0.29, 0.717) is 47.7 Å². The molecule has 4 saturated carbocycles. The molecule has 0 spiro atoms. The number of nitriles is 1. The average Bonchev–Trinajstić information content (AvgIpc) is 3.38. The maximum absolute atomic E-state index is 12.0. The van der Waals surface area contributed by atoms with Crippen LogP contribution in [0.15, 0.2) is 24.3 Å². The van der Waals surface area contributed by atoms with Crippen molar-refractivity contribution in [2.75, 3.05) is 0 Å². The van der Waals surface area contributed by atoms with E-state index in [4.69, 9.17) is 0 Å². The summed E-state index contributed by atoms with van der Waals surface area (Å²) in [6, 6.07) is 2.86. The van der Waals surface area contributed by atoms with Crippen molar-refractivity contribution < 1.29 is 4.79 Å². The zero-order valence-electron chi connectivity index (χ0n) is 16.2. The predicted octanol–water partition coefficient (Wildman–Crippen LogP) is 5.32. The number of Topliss-reactive ketones (excluding diaryl/α,β-unsaturated/α-hetero) is 1. The molecule has 0 radical (unpaired) electrons. The maximum Gasteiger partial charge on any atom is 0.136 e. The molecule has 0 saturated heterocycles. The molecule has 0 heterocycles. The van der Waals surface area contributed by atoms with E-state index in [1.165, 1.54) is 24.8 Å². The fraction of sp³-hybridized carbons (Fsp3) is 0.750. The van der Waals surface area contributed by atoms with Gasteiger partial charge in [-0.2, -0.15) is 5.26 Å². The van der Waals surface area contributed by atoms with Gasteiger partial charge in [0.25, 0.3) is 0 Å². The molecule has 5 aliphatic rings. The van der Waals surface area contributed by atoms with Gasteiger partial charge in [0.1, 0.15) is 5.78 Å². The van der Waals surface area contributed by atoms with E-state index < -0.39 is 0 Å². The molecular formula is C24H31NO. The number of nitrogens with zero attached hydrogens (tertiary/aromatic N) is 1. The average molecular weight is 350 g/mol. The molecule has 0 bridgehead atoms. The number of fused-ring (bicyclic) bond motifs is 7. The molecule has 138 valence electrons. The summed E-state index contributed by atoms with van der Waals surface area (Å²) in [4.78, 5) is 12.0. The first kappa shape index (κ1) is 16.8. The van der Waals surface area contributed by atoms with Gasteiger partial charge in [0.05, 0.1) is 11.5 Å². The topological polar surface area (TPSA) is 40.9 Å². The number of hydrogen-bond donors (Lipinski definition) is 0. The Kier molecular flexibility index (Phi) is 3.45. The Morgan fingerprint density at radius 3 is 2.88 bits per heavy atom. The summed E-state index contributed by atoms with van der Waals surface area (Å²) >= 11 is 0. The molecule has 5 aliphatic carbocycles. The van der Waals surface area contributed by atoms with Crippen molar-refractivity contribution in [3.63, 3.8) is 0 Å². The lowest BCUT2D eigenvalue weighted by Gasteiger charge is -2.58. The molecule has 2 heteroatoms. The van der Waals surface area contributed by atoms with Gasteiger partial charge >= 0.3 is 0 Å². The van der Waals surface area contributed by atoms with Gasteiger partial charge in [0, 0.05) is 12.8 Å². The highest BCUT2D eigenvalue weighted by molar-refractivity contribution is 5.82. The summed E-state index contributed by atoms with van der Waals surface area (Å²) < 4.78 is 0. The minimum Gasteiger partial charge on any atom is -0.299 e. The van der Waals surface area contributed by atoms with Crippen molar-refractivity contribution >= 4 is 5.78 Å². The Hall–Kier alpha value is -1.36. The fourth-order valence-electron chi connectivity index (χ4n) is 8.55. The Bertz CT molecular complexity index is 744. The summed E-state index contributed by atoms with van der Waals surface area (Å²) in [5, 5.41) is 10.2. The summed E-state index contributed by atoms with van der Waals surface area (Å²) in [7, 11) is 0. The zero-order chi connectivity index (χ0) is 18.3. The van der Waals surface area contributed by atoms with E-state index in [2.05, 4.69) is 38.6 Å². The molecule has 0 aromatic heterocycles. The minimum absolute atomic E-state index is 0.106. The molecule has 0 amide bonds. The molecule has 5 rings (SSSR count). The van der Waals surface area contributed by atoms with Gasteiger partial charge in [0.2, 0.25) is 0 Å². The van der Waals surface area contributed by atoms with Gasteiger partial charge in [-0.05, 0) is 78.9 Å². The second-order valence-corrected chi connectivity index (χ2v) is 10.1. The van der Waals surface area contributed by atoms with E-state index in [9.17, 15) is 10.1 Å². The molecule has 0 aromatic carbocycles. The summed E-state index contributed by atoms with van der Waals surface area (Å²) in [5.74, 6) is 4.85. The Balaban J connectivity index is 1.59. The van der Waals surface area contributed by atoms with Crippen LogP contribution in [0, 0.1) is 63.6 Å². The van der Waals surface area contributed by atoms with Gasteiger partial charge in [-0.15, -0.1) is 6.58 Å². The highest BCUT2D eigenvalue weighted by atomic mass is 16.1. The molecular weight excluding hydrogens is 318 g/mol. The van der Waals surface area contributed by atoms with Crippen LogP contribution in [-0.2, 0) is 4.79 Å². The Morgan fingerprint density at radius 2 is 2.19 bits per heavy atom. The Labute approximate surface area is 157 Å². The number of rotatable bonds is 2. The molecule has 4 fully saturated rings. The van der Waals surface area contributed by atoms with Crippen molar-refractivity contribution in [3.8, 4) is 6.07 Å². The largest absolute Gasteiger partial charge is 0.299 e. The zero-order valence-corrected chi connectivity index (χ0v) is 16.2. The quantitative estimate of drug-likeness (QED) is 0.633. The maximum atomic E-state index is 12.0. The Morgan fingerprint density at radius 1 is 1.38 bits per heavy atom. The number of allylic oxidation sites excluding steroid dienone is 3. The second-order valence-electron chi connectivity index (χ2n) is 10.1. The van der Waals surface area contributed by atoms with E-state index in [1.54, 1.807) is 0 Å². The van der Waals surface area contributed by atoms with Crippen LogP contribution in [0.4, 0.5) is 0 Å². The molecule has 26 heavy (non-hydrogen) atoms.